The summed E-state index contributed by atoms with van der Waals surface area (Å²) in [5.74, 6) is 1.77. The van der Waals surface area contributed by atoms with Crippen LogP contribution < -0.4 is 15.4 Å². The van der Waals surface area contributed by atoms with E-state index in [2.05, 4.69) is 69.7 Å². The maximum atomic E-state index is 6.17. The third-order valence-electron chi connectivity index (χ3n) is 4.81. The summed E-state index contributed by atoms with van der Waals surface area (Å²) in [5.41, 5.74) is 2.06. The molecule has 0 saturated carbocycles. The average Bonchev–Trinajstić information content (AvgIpc) is 2.64. The fourth-order valence-electron chi connectivity index (χ4n) is 3.16. The number of aryl methyl sites for hydroxylation is 1. The molecule has 1 aliphatic rings. The molecule has 1 fully saturated rings. The summed E-state index contributed by atoms with van der Waals surface area (Å²) < 4.78 is 11.9. The molecule has 1 saturated heterocycles. The third kappa shape index (κ3) is 7.21. The Kier molecular flexibility index (Phi) is 8.50. The van der Waals surface area contributed by atoms with Crippen LogP contribution in [0.5, 0.6) is 5.75 Å². The second kappa shape index (κ2) is 10.4. The SMILES string of the molecule is CCNC(=NCc1ccc(C)cc1OC(C)(C)C)NCC1(SC)CCOCC1. The van der Waals surface area contributed by atoms with E-state index >= 15 is 0 Å². The van der Waals surface area contributed by atoms with Crippen molar-refractivity contribution in [3.8, 4) is 5.75 Å². The van der Waals surface area contributed by atoms with Gasteiger partial charge in [0.1, 0.15) is 11.4 Å². The molecule has 1 heterocycles. The quantitative estimate of drug-likeness (QED) is 0.525. The molecule has 1 aliphatic heterocycles. The number of rotatable bonds is 7. The van der Waals surface area contributed by atoms with Crippen molar-refractivity contribution >= 4 is 17.7 Å². The molecule has 0 bridgehead atoms. The van der Waals surface area contributed by atoms with Crippen LogP contribution in [-0.2, 0) is 11.3 Å². The summed E-state index contributed by atoms with van der Waals surface area (Å²) >= 11 is 1.93. The van der Waals surface area contributed by atoms with Crippen LogP contribution in [0.2, 0.25) is 0 Å². The van der Waals surface area contributed by atoms with Crippen molar-refractivity contribution in [1.82, 2.24) is 10.6 Å². The lowest BCUT2D eigenvalue weighted by Crippen LogP contribution is -2.47. The van der Waals surface area contributed by atoms with Gasteiger partial charge >= 0.3 is 0 Å². The Hall–Kier alpha value is -1.40. The fourth-order valence-corrected chi connectivity index (χ4v) is 3.96. The number of guanidine groups is 1. The smallest absolute Gasteiger partial charge is 0.191 e. The summed E-state index contributed by atoms with van der Waals surface area (Å²) in [6.45, 7) is 14.4. The molecule has 5 nitrogen and oxygen atoms in total. The van der Waals surface area contributed by atoms with Crippen LogP contribution in [0.25, 0.3) is 0 Å². The Bertz CT molecular complexity index is 650. The lowest BCUT2D eigenvalue weighted by molar-refractivity contribution is 0.0783. The Labute approximate surface area is 175 Å². The molecule has 0 aliphatic carbocycles. The summed E-state index contributed by atoms with van der Waals surface area (Å²) in [6, 6.07) is 6.33. The minimum atomic E-state index is -0.233. The number of nitrogens with one attached hydrogen (secondary N) is 2. The van der Waals surface area contributed by atoms with Crippen LogP contribution in [0, 0.1) is 6.92 Å². The van der Waals surface area contributed by atoms with Crippen LogP contribution in [0.1, 0.15) is 51.7 Å². The molecule has 28 heavy (non-hydrogen) atoms. The van der Waals surface area contributed by atoms with Gasteiger partial charge in [0, 0.05) is 36.6 Å². The minimum absolute atomic E-state index is 0.221. The van der Waals surface area contributed by atoms with E-state index in [0.29, 0.717) is 6.54 Å². The molecule has 0 atom stereocenters. The average molecular weight is 408 g/mol. The Morgan fingerprint density at radius 1 is 1.25 bits per heavy atom. The maximum absolute atomic E-state index is 6.17. The van der Waals surface area contributed by atoms with E-state index in [9.17, 15) is 0 Å². The zero-order valence-corrected chi connectivity index (χ0v) is 19.2. The first-order chi connectivity index (χ1) is 13.3. The van der Waals surface area contributed by atoms with Gasteiger partial charge in [-0.15, -0.1) is 0 Å². The summed E-state index contributed by atoms with van der Waals surface area (Å²) in [7, 11) is 0. The zero-order chi connectivity index (χ0) is 20.6. The molecule has 0 amide bonds. The molecular formula is C22H37N3O2S. The number of benzene rings is 1. The monoisotopic (exact) mass is 407 g/mol. The topological polar surface area (TPSA) is 54.9 Å². The third-order valence-corrected chi connectivity index (χ3v) is 6.22. The highest BCUT2D eigenvalue weighted by molar-refractivity contribution is 8.00. The predicted molar refractivity (Wildman–Crippen MR) is 121 cm³/mol. The Morgan fingerprint density at radius 3 is 2.57 bits per heavy atom. The summed E-state index contributed by atoms with van der Waals surface area (Å²) in [4.78, 5) is 4.83. The lowest BCUT2D eigenvalue weighted by atomic mass is 9.99. The van der Waals surface area contributed by atoms with Crippen LogP contribution >= 0.6 is 11.8 Å². The molecule has 6 heteroatoms. The highest BCUT2D eigenvalue weighted by Crippen LogP contribution is 2.33. The second-order valence-corrected chi connectivity index (χ2v) is 9.65. The van der Waals surface area contributed by atoms with Crippen LogP contribution in [0.3, 0.4) is 0 Å². The lowest BCUT2D eigenvalue weighted by Gasteiger charge is -2.36. The van der Waals surface area contributed by atoms with E-state index in [1.807, 2.05) is 11.8 Å². The number of nitrogens with zero attached hydrogens (tertiary/aromatic N) is 1. The van der Waals surface area contributed by atoms with Gasteiger partial charge in [-0.25, -0.2) is 4.99 Å². The molecule has 2 N–H and O–H groups in total. The molecule has 0 aromatic heterocycles. The predicted octanol–water partition coefficient (Wildman–Crippen LogP) is 4.14. The van der Waals surface area contributed by atoms with Gasteiger partial charge in [0.2, 0.25) is 0 Å². The molecule has 0 unspecified atom stereocenters. The number of aliphatic imine (C=N–C) groups is 1. The molecule has 158 valence electrons. The van der Waals surface area contributed by atoms with Gasteiger partial charge in [0.05, 0.1) is 6.54 Å². The molecule has 1 aromatic carbocycles. The minimum Gasteiger partial charge on any atom is -0.488 e. The van der Waals surface area contributed by atoms with Crippen molar-refractivity contribution in [2.75, 3.05) is 32.6 Å². The van der Waals surface area contributed by atoms with Crippen molar-refractivity contribution in [2.45, 2.75) is 64.4 Å². The van der Waals surface area contributed by atoms with Crippen molar-refractivity contribution < 1.29 is 9.47 Å². The van der Waals surface area contributed by atoms with Gasteiger partial charge in [-0.2, -0.15) is 11.8 Å². The number of thioether (sulfide) groups is 1. The van der Waals surface area contributed by atoms with Crippen molar-refractivity contribution in [2.24, 2.45) is 4.99 Å². The standard InChI is InChI=1S/C22H37N3O2S/c1-7-23-20(25-16-22(28-6)10-12-26-13-11-22)24-15-18-9-8-17(2)14-19(18)27-21(3,4)5/h8-9,14H,7,10-13,15-16H2,1-6H3,(H2,23,24,25). The summed E-state index contributed by atoms with van der Waals surface area (Å²) in [5, 5.41) is 6.92. The maximum Gasteiger partial charge on any atom is 0.191 e. The first kappa shape index (κ1) is 22.9. The van der Waals surface area contributed by atoms with Gasteiger partial charge in [-0.3, -0.25) is 0 Å². The van der Waals surface area contributed by atoms with Gasteiger partial charge in [-0.1, -0.05) is 12.1 Å². The second-order valence-electron chi connectivity index (χ2n) is 8.37. The van der Waals surface area contributed by atoms with E-state index in [1.54, 1.807) is 0 Å². The van der Waals surface area contributed by atoms with Crippen LogP contribution in [0.15, 0.2) is 23.2 Å². The van der Waals surface area contributed by atoms with E-state index in [4.69, 9.17) is 14.5 Å². The largest absolute Gasteiger partial charge is 0.488 e. The molecule has 1 aromatic rings. The van der Waals surface area contributed by atoms with Gasteiger partial charge in [0.25, 0.3) is 0 Å². The first-order valence-corrected chi connectivity index (χ1v) is 11.4. The fraction of sp³-hybridized carbons (Fsp3) is 0.682. The van der Waals surface area contributed by atoms with Crippen LogP contribution in [-0.4, -0.2) is 48.9 Å². The van der Waals surface area contributed by atoms with Crippen LogP contribution in [0.4, 0.5) is 0 Å². The normalized spacial score (nSPS) is 17.3. The van der Waals surface area contributed by atoms with Crippen molar-refractivity contribution in [3.05, 3.63) is 29.3 Å². The Balaban J connectivity index is 2.10. The van der Waals surface area contributed by atoms with Crippen molar-refractivity contribution in [1.29, 1.82) is 0 Å². The molecular weight excluding hydrogens is 370 g/mol. The van der Waals surface area contributed by atoms with Gasteiger partial charge < -0.3 is 20.1 Å². The summed E-state index contributed by atoms with van der Waals surface area (Å²) in [6.07, 6.45) is 4.34. The Morgan fingerprint density at radius 2 is 1.96 bits per heavy atom. The highest BCUT2D eigenvalue weighted by atomic mass is 32.2. The number of ether oxygens (including phenoxy) is 2. The van der Waals surface area contributed by atoms with E-state index in [-0.39, 0.29) is 10.3 Å². The molecule has 0 spiro atoms. The number of hydrogen-bond acceptors (Lipinski definition) is 4. The molecule has 2 rings (SSSR count). The van der Waals surface area contributed by atoms with Crippen molar-refractivity contribution in [3.63, 3.8) is 0 Å². The van der Waals surface area contributed by atoms with Gasteiger partial charge in [-0.05, 0) is 65.3 Å². The van der Waals surface area contributed by atoms with E-state index < -0.39 is 0 Å². The van der Waals surface area contributed by atoms with E-state index in [1.165, 1.54) is 5.56 Å². The number of hydrogen-bond donors (Lipinski definition) is 2. The first-order valence-electron chi connectivity index (χ1n) is 10.2. The van der Waals surface area contributed by atoms with Gasteiger partial charge in [0.15, 0.2) is 5.96 Å². The molecule has 0 radical (unpaired) electrons. The van der Waals surface area contributed by atoms with E-state index in [0.717, 1.165) is 56.4 Å². The highest BCUT2D eigenvalue weighted by Gasteiger charge is 2.31. The zero-order valence-electron chi connectivity index (χ0n) is 18.4.